The zero-order chi connectivity index (χ0) is 26.2. The molecule has 0 bridgehead atoms. The third-order valence-corrected chi connectivity index (χ3v) is 8.63. The van der Waals surface area contributed by atoms with Crippen LogP contribution in [0.5, 0.6) is 5.75 Å². The van der Waals surface area contributed by atoms with Gasteiger partial charge >= 0.3 is 0 Å². The molecule has 5 nitrogen and oxygen atoms in total. The third kappa shape index (κ3) is 7.14. The number of anilines is 1. The van der Waals surface area contributed by atoms with Gasteiger partial charge in [0, 0.05) is 52.2 Å². The molecule has 2 aliphatic rings. The van der Waals surface area contributed by atoms with E-state index in [1.54, 1.807) is 19.2 Å². The van der Waals surface area contributed by atoms with Gasteiger partial charge in [-0.25, -0.2) is 4.39 Å². The van der Waals surface area contributed by atoms with Crippen LogP contribution in [0.3, 0.4) is 0 Å². The van der Waals surface area contributed by atoms with Crippen molar-refractivity contribution in [1.82, 2.24) is 15.1 Å². The van der Waals surface area contributed by atoms with Gasteiger partial charge in [-0.05, 0) is 67.7 Å². The highest BCUT2D eigenvalue weighted by Crippen LogP contribution is 2.37. The van der Waals surface area contributed by atoms with E-state index in [4.69, 9.17) is 17.0 Å². The molecule has 2 aromatic carbocycles. The average Bonchev–Trinajstić information content (AvgIpc) is 2.94. The van der Waals surface area contributed by atoms with E-state index < -0.39 is 0 Å². The van der Waals surface area contributed by atoms with Gasteiger partial charge in [-0.3, -0.25) is 4.90 Å². The van der Waals surface area contributed by atoms with Crippen molar-refractivity contribution >= 4 is 23.0 Å². The van der Waals surface area contributed by atoms with Gasteiger partial charge in [0.15, 0.2) is 5.11 Å². The molecule has 1 aliphatic heterocycles. The smallest absolute Gasteiger partial charge is 0.168 e. The third-order valence-electron chi connectivity index (χ3n) is 8.15. The molecule has 2 aromatic rings. The molecule has 0 aromatic heterocycles. The molecular weight excluding hydrogens is 483 g/mol. The van der Waals surface area contributed by atoms with Crippen molar-refractivity contribution in [3.63, 3.8) is 0 Å². The normalized spacial score (nSPS) is 18.8. The number of piperazine rings is 1. The van der Waals surface area contributed by atoms with Crippen LogP contribution in [0, 0.1) is 11.7 Å². The van der Waals surface area contributed by atoms with Crippen molar-refractivity contribution in [1.29, 1.82) is 0 Å². The molecule has 202 valence electrons. The fraction of sp³-hybridized carbons (Fsp3) is 0.567. The lowest BCUT2D eigenvalue weighted by molar-refractivity contribution is 0.212. The quantitative estimate of drug-likeness (QED) is 0.434. The Hall–Kier alpha value is -2.38. The number of halogens is 1. The molecule has 1 heterocycles. The van der Waals surface area contributed by atoms with Crippen molar-refractivity contribution in [3.05, 3.63) is 59.9 Å². The standard InChI is InChI=1S/C30H43FN4OS/c1-33(2)30(37)32-29(23-11-5-4-6-12-23)25(24-13-7-8-14-26(24)31)17-18-34-19-21-35(22-20-34)27-15-9-10-16-28(27)36-3/h7-10,13-16,23,25,29H,4-6,11-12,17-22H2,1-3H3,(H,32,37). The molecule has 0 amide bonds. The lowest BCUT2D eigenvalue weighted by Crippen LogP contribution is -2.50. The lowest BCUT2D eigenvalue weighted by atomic mass is 9.75. The van der Waals surface area contributed by atoms with Crippen LogP contribution >= 0.6 is 12.2 Å². The van der Waals surface area contributed by atoms with Gasteiger partial charge in [0.05, 0.1) is 12.8 Å². The van der Waals surface area contributed by atoms with Gasteiger partial charge in [-0.2, -0.15) is 0 Å². The number of methoxy groups -OCH3 is 1. The minimum Gasteiger partial charge on any atom is -0.495 e. The minimum absolute atomic E-state index is 0.0643. The predicted octanol–water partition coefficient (Wildman–Crippen LogP) is 5.52. The summed E-state index contributed by atoms with van der Waals surface area (Å²) in [5.41, 5.74) is 1.98. The van der Waals surface area contributed by atoms with Crippen molar-refractivity contribution in [2.45, 2.75) is 50.5 Å². The summed E-state index contributed by atoms with van der Waals surface area (Å²) >= 11 is 5.71. The molecule has 2 atom stereocenters. The fourth-order valence-corrected chi connectivity index (χ4v) is 6.18. The number of ether oxygens (including phenoxy) is 1. The Bertz CT molecular complexity index is 1000. The number of para-hydroxylation sites is 2. The summed E-state index contributed by atoms with van der Waals surface area (Å²) in [7, 11) is 5.69. The van der Waals surface area contributed by atoms with Gasteiger partial charge in [0.1, 0.15) is 11.6 Å². The van der Waals surface area contributed by atoms with E-state index in [-0.39, 0.29) is 17.8 Å². The maximum atomic E-state index is 15.2. The van der Waals surface area contributed by atoms with Crippen LogP contribution in [0.4, 0.5) is 10.1 Å². The van der Waals surface area contributed by atoms with Crippen LogP contribution in [-0.2, 0) is 0 Å². The van der Waals surface area contributed by atoms with Gasteiger partial charge in [0.2, 0.25) is 0 Å². The monoisotopic (exact) mass is 526 g/mol. The largest absolute Gasteiger partial charge is 0.495 e. The fourth-order valence-electron chi connectivity index (χ4n) is 6.04. The zero-order valence-corrected chi connectivity index (χ0v) is 23.5. The zero-order valence-electron chi connectivity index (χ0n) is 22.7. The Balaban J connectivity index is 1.48. The summed E-state index contributed by atoms with van der Waals surface area (Å²) in [4.78, 5) is 6.90. The highest BCUT2D eigenvalue weighted by atomic mass is 32.1. The second kappa shape index (κ2) is 13.4. The molecule has 37 heavy (non-hydrogen) atoms. The van der Waals surface area contributed by atoms with E-state index in [1.807, 2.05) is 43.3 Å². The Kier molecular flexibility index (Phi) is 10.0. The SMILES string of the molecule is COc1ccccc1N1CCN(CCC(c2ccccc2F)C(NC(=S)N(C)C)C2CCCCC2)CC1. The molecule has 0 radical (unpaired) electrons. The molecule has 1 saturated carbocycles. The highest BCUT2D eigenvalue weighted by Gasteiger charge is 2.34. The first-order valence-electron chi connectivity index (χ1n) is 13.8. The molecule has 1 saturated heterocycles. The van der Waals surface area contributed by atoms with Gasteiger partial charge in [-0.15, -0.1) is 0 Å². The lowest BCUT2D eigenvalue weighted by Gasteiger charge is -2.40. The molecule has 0 spiro atoms. The van der Waals surface area contributed by atoms with Gasteiger partial charge in [-0.1, -0.05) is 49.6 Å². The summed E-state index contributed by atoms with van der Waals surface area (Å²) in [6, 6.07) is 15.7. The topological polar surface area (TPSA) is 31.0 Å². The van der Waals surface area contributed by atoms with E-state index in [0.29, 0.717) is 5.92 Å². The number of hydrogen-bond donors (Lipinski definition) is 1. The highest BCUT2D eigenvalue weighted by molar-refractivity contribution is 7.80. The van der Waals surface area contributed by atoms with Crippen LogP contribution in [0.15, 0.2) is 48.5 Å². The van der Waals surface area contributed by atoms with Crippen LogP contribution in [0.1, 0.15) is 50.0 Å². The summed E-state index contributed by atoms with van der Waals surface area (Å²) in [5.74, 6) is 1.38. The van der Waals surface area contributed by atoms with Crippen LogP contribution < -0.4 is 15.0 Å². The van der Waals surface area contributed by atoms with E-state index in [1.165, 1.54) is 32.1 Å². The van der Waals surface area contributed by atoms with E-state index in [0.717, 1.165) is 61.3 Å². The number of nitrogens with zero attached hydrogens (tertiary/aromatic N) is 3. The number of rotatable bonds is 9. The van der Waals surface area contributed by atoms with Crippen molar-refractivity contribution in [2.24, 2.45) is 5.92 Å². The number of nitrogens with one attached hydrogen (secondary N) is 1. The molecule has 1 N–H and O–H groups in total. The van der Waals surface area contributed by atoms with Crippen LogP contribution in [0.2, 0.25) is 0 Å². The van der Waals surface area contributed by atoms with Crippen molar-refractivity contribution in [3.8, 4) is 5.75 Å². The summed E-state index contributed by atoms with van der Waals surface area (Å²) in [6.45, 7) is 4.83. The first-order chi connectivity index (χ1) is 18.0. The number of benzene rings is 2. The van der Waals surface area contributed by atoms with Gasteiger partial charge in [0.25, 0.3) is 0 Å². The Morgan fingerprint density at radius 3 is 2.38 bits per heavy atom. The van der Waals surface area contributed by atoms with Gasteiger partial charge < -0.3 is 19.9 Å². The number of hydrogen-bond acceptors (Lipinski definition) is 4. The molecule has 2 fully saturated rings. The second-order valence-corrected chi connectivity index (χ2v) is 11.1. The predicted molar refractivity (Wildman–Crippen MR) is 155 cm³/mol. The molecular formula is C30H43FN4OS. The number of thiocarbonyl (C=S) groups is 1. The first-order valence-corrected chi connectivity index (χ1v) is 14.2. The van der Waals surface area contributed by atoms with Crippen LogP contribution in [0.25, 0.3) is 0 Å². The summed E-state index contributed by atoms with van der Waals surface area (Å²) < 4.78 is 20.8. The average molecular weight is 527 g/mol. The van der Waals surface area contributed by atoms with E-state index in [9.17, 15) is 0 Å². The molecule has 4 rings (SSSR count). The van der Waals surface area contributed by atoms with Crippen LogP contribution in [-0.4, -0.2) is 74.9 Å². The van der Waals surface area contributed by atoms with E-state index >= 15 is 4.39 Å². The Labute approximate surface area is 228 Å². The summed E-state index contributed by atoms with van der Waals surface area (Å²) in [6.07, 6.45) is 7.04. The second-order valence-electron chi connectivity index (χ2n) is 10.7. The maximum Gasteiger partial charge on any atom is 0.168 e. The maximum absolute atomic E-state index is 15.2. The minimum atomic E-state index is -0.105. The molecule has 7 heteroatoms. The first kappa shape index (κ1) is 27.6. The van der Waals surface area contributed by atoms with Crippen molar-refractivity contribution < 1.29 is 9.13 Å². The summed E-state index contributed by atoms with van der Waals surface area (Å²) in [5, 5.41) is 4.43. The Morgan fingerprint density at radius 1 is 1.03 bits per heavy atom. The molecule has 2 unspecified atom stereocenters. The molecule has 1 aliphatic carbocycles. The Morgan fingerprint density at radius 2 is 1.70 bits per heavy atom. The van der Waals surface area contributed by atoms with Crippen molar-refractivity contribution in [2.75, 3.05) is 58.8 Å². The van der Waals surface area contributed by atoms with E-state index in [2.05, 4.69) is 27.2 Å².